The van der Waals surface area contributed by atoms with E-state index in [0.717, 1.165) is 0 Å². The van der Waals surface area contributed by atoms with Crippen LogP contribution in [0.3, 0.4) is 0 Å². The summed E-state index contributed by atoms with van der Waals surface area (Å²) in [6, 6.07) is 0. The van der Waals surface area contributed by atoms with Crippen molar-refractivity contribution in [2.24, 2.45) is 0 Å². The van der Waals surface area contributed by atoms with Crippen molar-refractivity contribution < 1.29 is 35.1 Å². The molecule has 3 nitrogen and oxygen atoms in total. The molecule has 0 unspecified atom stereocenters. The Bertz CT molecular complexity index is 29.9. The molecule has 5 heteroatoms. The van der Waals surface area contributed by atoms with Crippen LogP contribution < -0.4 is 9.59 Å². The molecule has 0 fully saturated rings. The van der Waals surface area contributed by atoms with Gasteiger partial charge in [0.2, 0.25) is 0 Å². The molecule has 5 heavy (non-hydrogen) atoms. The van der Waals surface area contributed by atoms with Crippen LogP contribution in [0.15, 0.2) is 0 Å². The standard InChI is InChI=1S/O3Si.W/c1-4(2)3;/q-2;+2. The van der Waals surface area contributed by atoms with Gasteiger partial charge in [0.15, 0.2) is 0 Å². The summed E-state index contributed by atoms with van der Waals surface area (Å²) in [5.41, 5.74) is 0. The topological polar surface area (TPSA) is 63.2 Å². The van der Waals surface area contributed by atoms with Crippen LogP contribution in [0.2, 0.25) is 0 Å². The second-order valence-electron chi connectivity index (χ2n) is 0.250. The van der Waals surface area contributed by atoms with E-state index in [2.05, 4.69) is 0 Å². The van der Waals surface area contributed by atoms with Gasteiger partial charge in [0.1, 0.15) is 0 Å². The molecular formula is O3SiW. The Labute approximate surface area is 44.8 Å². The second kappa shape index (κ2) is 4.31. The van der Waals surface area contributed by atoms with Crippen LogP contribution in [0, 0.1) is 0 Å². The average molecular weight is 260 g/mol. The van der Waals surface area contributed by atoms with Crippen molar-refractivity contribution in [2.75, 3.05) is 0 Å². The maximum absolute atomic E-state index is 8.52. The van der Waals surface area contributed by atoms with Gasteiger partial charge in [0.25, 0.3) is 0 Å². The molecule has 0 aromatic carbocycles. The van der Waals surface area contributed by atoms with E-state index in [9.17, 15) is 0 Å². The Morgan fingerprint density at radius 1 is 1.40 bits per heavy atom. The van der Waals surface area contributed by atoms with E-state index in [-0.39, 0.29) is 21.1 Å². The summed E-state index contributed by atoms with van der Waals surface area (Å²) in [7, 11) is -3.63. The normalized spacial score (nSPS) is 4.80. The molecular weight excluding hydrogens is 260 g/mol. The van der Waals surface area contributed by atoms with Crippen molar-refractivity contribution in [3.63, 3.8) is 0 Å². The van der Waals surface area contributed by atoms with Gasteiger partial charge in [-0.15, -0.1) is 0 Å². The fourth-order valence-electron chi connectivity index (χ4n) is 0. The first kappa shape index (κ1) is 9.00. The van der Waals surface area contributed by atoms with Crippen molar-refractivity contribution in [1.82, 2.24) is 0 Å². The van der Waals surface area contributed by atoms with E-state index in [1.54, 1.807) is 0 Å². The molecule has 0 aliphatic heterocycles. The Balaban J connectivity index is 0. The fraction of sp³-hybridized carbons (Fsp3) is 0. The summed E-state index contributed by atoms with van der Waals surface area (Å²) in [4.78, 5) is 17.0. The zero-order chi connectivity index (χ0) is 3.58. The van der Waals surface area contributed by atoms with Crippen LogP contribution in [0.4, 0.5) is 0 Å². The van der Waals surface area contributed by atoms with Gasteiger partial charge in [-0.05, 0) is 0 Å². The minimum absolute atomic E-state index is 0. The fourth-order valence-corrected chi connectivity index (χ4v) is 0. The van der Waals surface area contributed by atoms with E-state index in [1.165, 1.54) is 0 Å². The monoisotopic (exact) mass is 260 g/mol. The van der Waals surface area contributed by atoms with Gasteiger partial charge in [0.05, 0.1) is 0 Å². The quantitative estimate of drug-likeness (QED) is 0.439. The minimum Gasteiger partial charge on any atom is -0.672 e. The first-order valence-electron chi connectivity index (χ1n) is 0.612. The molecule has 0 saturated carbocycles. The van der Waals surface area contributed by atoms with E-state index in [0.29, 0.717) is 0 Å². The Kier molecular flexibility index (Phi) is 7.75. The van der Waals surface area contributed by atoms with Gasteiger partial charge in [-0.3, -0.25) is 0 Å². The smallest absolute Gasteiger partial charge is 0.672 e. The van der Waals surface area contributed by atoms with Crippen LogP contribution in [0.1, 0.15) is 0 Å². The summed E-state index contributed by atoms with van der Waals surface area (Å²) in [6.07, 6.45) is 0. The zero-order valence-corrected chi connectivity index (χ0v) is 6.07. The van der Waals surface area contributed by atoms with E-state index in [1.807, 2.05) is 0 Å². The molecule has 0 aromatic rings. The molecule has 0 heterocycles. The van der Waals surface area contributed by atoms with E-state index >= 15 is 0 Å². The first-order chi connectivity index (χ1) is 1.73. The molecule has 0 N–H and O–H groups in total. The molecule has 0 atom stereocenters. The Morgan fingerprint density at radius 3 is 1.40 bits per heavy atom. The second-order valence-corrected chi connectivity index (χ2v) is 0.750. The molecule has 0 saturated heterocycles. The van der Waals surface area contributed by atoms with Crippen molar-refractivity contribution in [3.05, 3.63) is 0 Å². The van der Waals surface area contributed by atoms with Crippen LogP contribution in [-0.4, -0.2) is 9.17 Å². The summed E-state index contributed by atoms with van der Waals surface area (Å²) in [5.74, 6) is 0. The maximum Gasteiger partial charge on any atom is 2.00 e. The summed E-state index contributed by atoms with van der Waals surface area (Å²) >= 11 is 0. The summed E-state index contributed by atoms with van der Waals surface area (Å²) in [5, 5.41) is 0. The molecule has 28 valence electrons. The predicted octanol–water partition coefficient (Wildman–Crippen LogP) is -2.88. The van der Waals surface area contributed by atoms with Gasteiger partial charge in [-0.25, -0.2) is 0 Å². The van der Waals surface area contributed by atoms with Crippen molar-refractivity contribution in [3.8, 4) is 0 Å². The largest absolute Gasteiger partial charge is 2.00 e. The minimum atomic E-state index is -3.63. The zero-order valence-electron chi connectivity index (χ0n) is 2.13. The van der Waals surface area contributed by atoms with Gasteiger partial charge in [-0.1, -0.05) is 0 Å². The van der Waals surface area contributed by atoms with Crippen LogP contribution in [0.5, 0.6) is 0 Å². The van der Waals surface area contributed by atoms with Crippen LogP contribution in [-0.2, 0) is 25.5 Å². The SMILES string of the molecule is O=[Si]([O-])[O-].[W+2]. The third-order valence-corrected chi connectivity index (χ3v) is 0. The number of hydrogen-bond donors (Lipinski definition) is 0. The van der Waals surface area contributed by atoms with Crippen LogP contribution in [0.25, 0.3) is 0 Å². The molecule has 0 bridgehead atoms. The number of rotatable bonds is 0. The molecule has 0 radical (unpaired) electrons. The van der Waals surface area contributed by atoms with E-state index in [4.69, 9.17) is 14.1 Å². The summed E-state index contributed by atoms with van der Waals surface area (Å²) < 4.78 is 8.52. The van der Waals surface area contributed by atoms with Crippen LogP contribution >= 0.6 is 0 Å². The Morgan fingerprint density at radius 2 is 1.40 bits per heavy atom. The molecule has 0 amide bonds. The van der Waals surface area contributed by atoms with E-state index < -0.39 is 9.17 Å². The van der Waals surface area contributed by atoms with Gasteiger partial charge < -0.3 is 14.1 Å². The third-order valence-electron chi connectivity index (χ3n) is 0. The van der Waals surface area contributed by atoms with Gasteiger partial charge in [-0.2, -0.15) is 0 Å². The first-order valence-corrected chi connectivity index (χ1v) is 1.84. The summed E-state index contributed by atoms with van der Waals surface area (Å²) in [6.45, 7) is 0. The maximum atomic E-state index is 8.52. The molecule has 0 aromatic heterocycles. The van der Waals surface area contributed by atoms with Crippen molar-refractivity contribution >= 4 is 9.17 Å². The molecule has 0 aliphatic carbocycles. The van der Waals surface area contributed by atoms with Gasteiger partial charge >= 0.3 is 21.1 Å². The molecule has 0 aliphatic rings. The van der Waals surface area contributed by atoms with Gasteiger partial charge in [0, 0.05) is 9.17 Å². The Hall–Kier alpha value is 0.305. The van der Waals surface area contributed by atoms with Crippen molar-refractivity contribution in [2.45, 2.75) is 0 Å². The number of hydrogen-bond acceptors (Lipinski definition) is 3. The van der Waals surface area contributed by atoms with Crippen molar-refractivity contribution in [1.29, 1.82) is 0 Å². The predicted molar refractivity (Wildman–Crippen MR) is 6.44 cm³/mol. The molecule has 0 rings (SSSR count). The third kappa shape index (κ3) is 246. The average Bonchev–Trinajstić information content (AvgIpc) is 0.811. The molecule has 0 spiro atoms.